The highest BCUT2D eigenvalue weighted by Gasteiger charge is 2.09. The second kappa shape index (κ2) is 4.32. The Morgan fingerprint density at radius 2 is 2.36 bits per heavy atom. The Balaban J connectivity index is 3.22. The minimum absolute atomic E-state index is 0.272. The molecular formula is C7H12N4O2S. The molecule has 7 heteroatoms. The molecule has 0 amide bonds. The highest BCUT2D eigenvalue weighted by atomic mass is 32.1. The van der Waals surface area contributed by atoms with Crippen LogP contribution in [0.2, 0.25) is 0 Å². The van der Waals surface area contributed by atoms with Crippen molar-refractivity contribution < 1.29 is 5.03 Å². The molecule has 0 saturated heterocycles. The predicted octanol–water partition coefficient (Wildman–Crippen LogP) is 1.18. The summed E-state index contributed by atoms with van der Waals surface area (Å²) in [6.45, 7) is 6.46. The maximum Gasteiger partial charge on any atom is 0.280 e. The molecule has 0 spiro atoms. The normalized spacial score (nSPS) is 12.4. The van der Waals surface area contributed by atoms with Gasteiger partial charge < -0.3 is 0 Å². The van der Waals surface area contributed by atoms with E-state index in [1.165, 1.54) is 11.3 Å². The van der Waals surface area contributed by atoms with Gasteiger partial charge in [0.15, 0.2) is 5.03 Å². The zero-order chi connectivity index (χ0) is 10.7. The van der Waals surface area contributed by atoms with Crippen molar-refractivity contribution >= 4 is 11.3 Å². The Hall–Kier alpha value is -1.24. The van der Waals surface area contributed by atoms with Crippen LogP contribution in [-0.2, 0) is 6.54 Å². The highest BCUT2D eigenvalue weighted by molar-refractivity contribution is 7.08. The van der Waals surface area contributed by atoms with E-state index in [4.69, 9.17) is 0 Å². The quantitative estimate of drug-likeness (QED) is 0.562. The van der Waals surface area contributed by atoms with Crippen molar-refractivity contribution in [1.29, 1.82) is 0 Å². The second-order valence-electron chi connectivity index (χ2n) is 3.03. The van der Waals surface area contributed by atoms with Gasteiger partial charge in [0, 0.05) is 12.5 Å². The summed E-state index contributed by atoms with van der Waals surface area (Å²) in [5, 5.41) is 17.9. The number of rotatable bonds is 3. The Morgan fingerprint density at radius 3 is 2.79 bits per heavy atom. The average molecular weight is 216 g/mol. The molecule has 0 saturated carbocycles. The number of hydrogen-bond donors (Lipinski definition) is 0. The Kier molecular flexibility index (Phi) is 3.34. The van der Waals surface area contributed by atoms with Gasteiger partial charge in [-0.1, -0.05) is 25.2 Å². The van der Waals surface area contributed by atoms with Crippen LogP contribution in [-0.4, -0.2) is 14.8 Å². The molecule has 1 rings (SSSR count). The van der Waals surface area contributed by atoms with Crippen LogP contribution in [0.1, 0.15) is 31.7 Å². The van der Waals surface area contributed by atoms with E-state index in [0.717, 1.165) is 5.01 Å². The molecule has 1 heterocycles. The number of hydrogen-bond acceptors (Lipinski definition) is 4. The molecule has 6 nitrogen and oxygen atoms in total. The molecular weight excluding hydrogens is 204 g/mol. The maximum absolute atomic E-state index is 10.2. The maximum atomic E-state index is 10.2. The summed E-state index contributed by atoms with van der Waals surface area (Å²) in [4.78, 5) is 10.6. The standard InChI is InChI=1S/C7H12N4O2S/c1-4-10-7(9-11(12)13)14-6(8-10)5(2)3/h5H,4H2,1-3H3. The first-order valence-electron chi connectivity index (χ1n) is 4.31. The molecule has 0 bridgehead atoms. The van der Waals surface area contributed by atoms with Crippen molar-refractivity contribution in [3.05, 3.63) is 19.9 Å². The summed E-state index contributed by atoms with van der Waals surface area (Å²) in [5.41, 5.74) is 0. The molecule has 1 aromatic rings. The zero-order valence-electron chi connectivity index (χ0n) is 8.30. The van der Waals surface area contributed by atoms with Gasteiger partial charge in [-0.15, -0.1) is 0 Å². The Labute approximate surface area is 85.0 Å². The molecule has 1 aromatic heterocycles. The fourth-order valence-corrected chi connectivity index (χ4v) is 1.85. The highest BCUT2D eigenvalue weighted by Crippen LogP contribution is 2.12. The molecule has 0 aliphatic heterocycles. The van der Waals surface area contributed by atoms with Crippen LogP contribution in [0.25, 0.3) is 0 Å². The fraction of sp³-hybridized carbons (Fsp3) is 0.714. The lowest BCUT2D eigenvalue weighted by molar-refractivity contribution is -0.490. The first-order chi connectivity index (χ1) is 6.54. The van der Waals surface area contributed by atoms with Crippen molar-refractivity contribution in [3.8, 4) is 0 Å². The summed E-state index contributed by atoms with van der Waals surface area (Å²) in [6.07, 6.45) is 0. The van der Waals surface area contributed by atoms with E-state index >= 15 is 0 Å². The first kappa shape index (κ1) is 10.8. The minimum atomic E-state index is -0.691. The van der Waals surface area contributed by atoms with E-state index in [1.54, 1.807) is 4.68 Å². The van der Waals surface area contributed by atoms with Crippen LogP contribution in [0.3, 0.4) is 0 Å². The topological polar surface area (TPSA) is 73.3 Å². The number of nitro groups is 1. The summed E-state index contributed by atoms with van der Waals surface area (Å²) in [7, 11) is 0. The van der Waals surface area contributed by atoms with Gasteiger partial charge in [0.25, 0.3) is 4.80 Å². The molecule has 0 N–H and O–H groups in total. The van der Waals surface area contributed by atoms with E-state index in [2.05, 4.69) is 10.2 Å². The van der Waals surface area contributed by atoms with Crippen molar-refractivity contribution in [2.75, 3.05) is 0 Å². The van der Waals surface area contributed by atoms with E-state index in [9.17, 15) is 10.1 Å². The monoisotopic (exact) mass is 216 g/mol. The van der Waals surface area contributed by atoms with E-state index in [1.807, 2.05) is 20.8 Å². The zero-order valence-corrected chi connectivity index (χ0v) is 9.11. The van der Waals surface area contributed by atoms with Crippen molar-refractivity contribution in [3.63, 3.8) is 0 Å². The van der Waals surface area contributed by atoms with Crippen LogP contribution >= 0.6 is 11.3 Å². The van der Waals surface area contributed by atoms with Gasteiger partial charge in [-0.05, 0) is 6.92 Å². The summed E-state index contributed by atoms with van der Waals surface area (Å²) >= 11 is 1.26. The Bertz CT molecular complexity index is 393. The SMILES string of the molecule is CCn1nc(C(C)C)sc1=N[N+](=O)[O-]. The van der Waals surface area contributed by atoms with E-state index in [-0.39, 0.29) is 5.92 Å². The van der Waals surface area contributed by atoms with E-state index in [0.29, 0.717) is 11.3 Å². The van der Waals surface area contributed by atoms with Gasteiger partial charge >= 0.3 is 0 Å². The molecule has 0 atom stereocenters. The van der Waals surface area contributed by atoms with Crippen LogP contribution in [0.5, 0.6) is 0 Å². The lowest BCUT2D eigenvalue weighted by Gasteiger charge is -1.95. The molecule has 14 heavy (non-hydrogen) atoms. The number of aryl methyl sites for hydroxylation is 1. The predicted molar refractivity (Wildman–Crippen MR) is 52.4 cm³/mol. The second-order valence-corrected chi connectivity index (χ2v) is 4.02. The average Bonchev–Trinajstić information content (AvgIpc) is 2.46. The summed E-state index contributed by atoms with van der Waals surface area (Å²) in [5.74, 6) is 0.272. The third kappa shape index (κ3) is 2.38. The fourth-order valence-electron chi connectivity index (χ4n) is 0.910. The van der Waals surface area contributed by atoms with Gasteiger partial charge in [0.1, 0.15) is 5.01 Å². The number of nitrogens with zero attached hydrogens (tertiary/aromatic N) is 4. The van der Waals surface area contributed by atoms with Gasteiger partial charge in [0.05, 0.1) is 5.10 Å². The smallest absolute Gasteiger partial charge is 0.233 e. The van der Waals surface area contributed by atoms with Crippen molar-refractivity contribution in [2.45, 2.75) is 33.2 Å². The van der Waals surface area contributed by atoms with Crippen LogP contribution < -0.4 is 4.80 Å². The largest absolute Gasteiger partial charge is 0.280 e. The van der Waals surface area contributed by atoms with Gasteiger partial charge in [-0.2, -0.15) is 5.10 Å². The summed E-state index contributed by atoms with van der Waals surface area (Å²) < 4.78 is 1.54. The lowest BCUT2D eigenvalue weighted by atomic mass is 10.2. The van der Waals surface area contributed by atoms with Crippen molar-refractivity contribution in [2.24, 2.45) is 5.10 Å². The number of aromatic nitrogens is 2. The van der Waals surface area contributed by atoms with Crippen LogP contribution in [0.15, 0.2) is 5.10 Å². The summed E-state index contributed by atoms with van der Waals surface area (Å²) in [6, 6.07) is 0. The molecule has 0 aliphatic rings. The molecule has 0 aromatic carbocycles. The third-order valence-electron chi connectivity index (χ3n) is 1.60. The molecule has 0 unspecified atom stereocenters. The van der Waals surface area contributed by atoms with Crippen molar-refractivity contribution in [1.82, 2.24) is 9.78 Å². The van der Waals surface area contributed by atoms with Crippen LogP contribution in [0.4, 0.5) is 0 Å². The lowest BCUT2D eigenvalue weighted by Crippen LogP contribution is -2.16. The first-order valence-corrected chi connectivity index (χ1v) is 5.13. The molecule has 0 radical (unpaired) electrons. The molecule has 0 fully saturated rings. The van der Waals surface area contributed by atoms with Gasteiger partial charge in [-0.3, -0.25) is 0 Å². The third-order valence-corrected chi connectivity index (χ3v) is 2.83. The van der Waals surface area contributed by atoms with Gasteiger partial charge in [0.2, 0.25) is 0 Å². The molecule has 0 aliphatic carbocycles. The molecule has 78 valence electrons. The van der Waals surface area contributed by atoms with Gasteiger partial charge in [-0.25, -0.2) is 14.8 Å². The minimum Gasteiger partial charge on any atom is -0.233 e. The Morgan fingerprint density at radius 1 is 1.71 bits per heavy atom. The van der Waals surface area contributed by atoms with Crippen LogP contribution in [0, 0.1) is 10.1 Å². The van der Waals surface area contributed by atoms with E-state index < -0.39 is 5.03 Å².